The van der Waals surface area contributed by atoms with Crippen LogP contribution in [0.3, 0.4) is 0 Å². The summed E-state index contributed by atoms with van der Waals surface area (Å²) in [6, 6.07) is 14.6. The van der Waals surface area contributed by atoms with Crippen molar-refractivity contribution in [1.82, 2.24) is 0 Å². The van der Waals surface area contributed by atoms with Gasteiger partial charge in [0.2, 0.25) is 0 Å². The molecule has 0 amide bonds. The summed E-state index contributed by atoms with van der Waals surface area (Å²) < 4.78 is 0. The Labute approximate surface area is 115 Å². The Balaban J connectivity index is 2.15. The van der Waals surface area contributed by atoms with E-state index in [1.54, 1.807) is 0 Å². The minimum atomic E-state index is -0.423. The molecular weight excluding hydrogens is 232 g/mol. The topological polar surface area (TPSA) is 20.2 Å². The average Bonchev–Trinajstić information content (AvgIpc) is 2.43. The Bertz CT molecular complexity index is 557. The van der Waals surface area contributed by atoms with Gasteiger partial charge in [0, 0.05) is 6.42 Å². The fraction of sp³-hybridized carbons (Fsp3) is 0.333. The van der Waals surface area contributed by atoms with Crippen molar-refractivity contribution >= 4 is 0 Å². The van der Waals surface area contributed by atoms with Crippen molar-refractivity contribution in [3.63, 3.8) is 0 Å². The second kappa shape index (κ2) is 6.03. The van der Waals surface area contributed by atoms with Crippen LogP contribution in [0.4, 0.5) is 0 Å². The Morgan fingerprint density at radius 2 is 1.74 bits per heavy atom. The van der Waals surface area contributed by atoms with Crippen LogP contribution in [0.2, 0.25) is 0 Å². The molecule has 1 unspecified atom stereocenters. The van der Waals surface area contributed by atoms with E-state index in [0.717, 1.165) is 12.0 Å². The molecule has 2 aromatic rings. The lowest BCUT2D eigenvalue weighted by atomic mass is 9.97. The van der Waals surface area contributed by atoms with Gasteiger partial charge in [-0.15, -0.1) is 0 Å². The number of aryl methyl sites for hydroxylation is 3. The summed E-state index contributed by atoms with van der Waals surface area (Å²) in [5.41, 5.74) is 6.06. The van der Waals surface area contributed by atoms with Gasteiger partial charge in [-0.1, -0.05) is 49.4 Å². The molecule has 1 N–H and O–H groups in total. The summed E-state index contributed by atoms with van der Waals surface area (Å²) in [4.78, 5) is 0. The normalized spacial score (nSPS) is 12.4. The molecule has 0 saturated carbocycles. The van der Waals surface area contributed by atoms with Gasteiger partial charge in [0.15, 0.2) is 0 Å². The van der Waals surface area contributed by atoms with Crippen LogP contribution in [0.25, 0.3) is 0 Å². The van der Waals surface area contributed by atoms with Crippen molar-refractivity contribution in [3.8, 4) is 0 Å². The molecule has 0 radical (unpaired) electrons. The van der Waals surface area contributed by atoms with Crippen molar-refractivity contribution < 1.29 is 5.11 Å². The predicted molar refractivity (Wildman–Crippen MR) is 80.4 cm³/mol. The molecule has 0 bridgehead atoms. The van der Waals surface area contributed by atoms with Gasteiger partial charge in [0.1, 0.15) is 0 Å². The van der Waals surface area contributed by atoms with E-state index in [4.69, 9.17) is 0 Å². The highest BCUT2D eigenvalue weighted by Gasteiger charge is 2.09. The van der Waals surface area contributed by atoms with Gasteiger partial charge in [-0.05, 0) is 48.1 Å². The van der Waals surface area contributed by atoms with Gasteiger partial charge in [-0.25, -0.2) is 0 Å². The molecular formula is C18H22O. The maximum Gasteiger partial charge on any atom is 0.0830 e. The molecule has 0 aliphatic rings. The van der Waals surface area contributed by atoms with E-state index in [1.807, 2.05) is 12.1 Å². The average molecular weight is 254 g/mol. The lowest BCUT2D eigenvalue weighted by Gasteiger charge is -2.13. The fourth-order valence-electron chi connectivity index (χ4n) is 2.29. The molecule has 0 saturated heterocycles. The van der Waals surface area contributed by atoms with Crippen LogP contribution in [0.1, 0.15) is 40.8 Å². The molecule has 0 spiro atoms. The maximum absolute atomic E-state index is 10.4. The lowest BCUT2D eigenvalue weighted by Crippen LogP contribution is -2.03. The van der Waals surface area contributed by atoms with Gasteiger partial charge in [-0.2, -0.15) is 0 Å². The highest BCUT2D eigenvalue weighted by molar-refractivity contribution is 5.32. The van der Waals surface area contributed by atoms with Crippen LogP contribution in [0, 0.1) is 13.8 Å². The quantitative estimate of drug-likeness (QED) is 0.869. The molecule has 1 atom stereocenters. The van der Waals surface area contributed by atoms with Crippen molar-refractivity contribution in [2.75, 3.05) is 0 Å². The van der Waals surface area contributed by atoms with Crippen molar-refractivity contribution in [1.29, 1.82) is 0 Å². The molecule has 0 aliphatic carbocycles. The molecule has 100 valence electrons. The van der Waals surface area contributed by atoms with Crippen LogP contribution >= 0.6 is 0 Å². The van der Waals surface area contributed by atoms with E-state index in [9.17, 15) is 5.11 Å². The number of aliphatic hydroxyl groups excluding tert-OH is 1. The first-order valence-electron chi connectivity index (χ1n) is 6.93. The fourth-order valence-corrected chi connectivity index (χ4v) is 2.29. The van der Waals surface area contributed by atoms with E-state index in [0.29, 0.717) is 6.42 Å². The zero-order chi connectivity index (χ0) is 13.8. The Morgan fingerprint density at radius 3 is 2.42 bits per heavy atom. The summed E-state index contributed by atoms with van der Waals surface area (Å²) in [7, 11) is 0. The minimum absolute atomic E-state index is 0.423. The van der Waals surface area contributed by atoms with Crippen molar-refractivity contribution in [2.45, 2.75) is 39.7 Å². The zero-order valence-electron chi connectivity index (χ0n) is 12.0. The second-order valence-electron chi connectivity index (χ2n) is 5.24. The Hall–Kier alpha value is -1.60. The first-order valence-corrected chi connectivity index (χ1v) is 6.93. The first kappa shape index (κ1) is 13.8. The highest BCUT2D eigenvalue weighted by atomic mass is 16.3. The number of benzene rings is 2. The van der Waals surface area contributed by atoms with Gasteiger partial charge >= 0.3 is 0 Å². The van der Waals surface area contributed by atoms with E-state index < -0.39 is 6.10 Å². The predicted octanol–water partition coefficient (Wildman–Crippen LogP) is 4.14. The molecule has 19 heavy (non-hydrogen) atoms. The second-order valence-corrected chi connectivity index (χ2v) is 5.24. The number of hydrogen-bond donors (Lipinski definition) is 1. The monoisotopic (exact) mass is 254 g/mol. The van der Waals surface area contributed by atoms with Crippen LogP contribution in [0.15, 0.2) is 42.5 Å². The highest BCUT2D eigenvalue weighted by Crippen LogP contribution is 2.21. The molecule has 0 aliphatic heterocycles. The van der Waals surface area contributed by atoms with Crippen LogP contribution in [-0.4, -0.2) is 5.11 Å². The third-order valence-corrected chi connectivity index (χ3v) is 3.74. The zero-order valence-corrected chi connectivity index (χ0v) is 12.0. The summed E-state index contributed by atoms with van der Waals surface area (Å²) >= 11 is 0. The minimum Gasteiger partial charge on any atom is -0.388 e. The Morgan fingerprint density at radius 1 is 0.947 bits per heavy atom. The SMILES string of the molecule is CCc1cccc(C(O)Cc2ccc(C)c(C)c2)c1. The van der Waals surface area contributed by atoms with Gasteiger partial charge < -0.3 is 5.11 Å². The van der Waals surface area contributed by atoms with E-state index in [1.165, 1.54) is 22.3 Å². The number of aliphatic hydroxyl groups is 1. The smallest absolute Gasteiger partial charge is 0.0830 e. The maximum atomic E-state index is 10.4. The van der Waals surface area contributed by atoms with Crippen molar-refractivity contribution in [2.24, 2.45) is 0 Å². The molecule has 0 heterocycles. The third kappa shape index (κ3) is 3.45. The van der Waals surface area contributed by atoms with Crippen LogP contribution in [0.5, 0.6) is 0 Å². The largest absolute Gasteiger partial charge is 0.388 e. The van der Waals surface area contributed by atoms with E-state index in [2.05, 4.69) is 51.1 Å². The summed E-state index contributed by atoms with van der Waals surface area (Å²) in [6.07, 6.45) is 1.26. The van der Waals surface area contributed by atoms with Crippen LogP contribution in [-0.2, 0) is 12.8 Å². The molecule has 2 rings (SSSR count). The molecule has 1 nitrogen and oxygen atoms in total. The van der Waals surface area contributed by atoms with Gasteiger partial charge in [0.25, 0.3) is 0 Å². The molecule has 1 heteroatoms. The van der Waals surface area contributed by atoms with E-state index in [-0.39, 0.29) is 0 Å². The first-order chi connectivity index (χ1) is 9.10. The summed E-state index contributed by atoms with van der Waals surface area (Å²) in [6.45, 7) is 6.36. The summed E-state index contributed by atoms with van der Waals surface area (Å²) in [5.74, 6) is 0. The lowest BCUT2D eigenvalue weighted by molar-refractivity contribution is 0.178. The summed E-state index contributed by atoms with van der Waals surface area (Å²) in [5, 5.41) is 10.4. The van der Waals surface area contributed by atoms with Crippen LogP contribution < -0.4 is 0 Å². The standard InChI is InChI=1S/C18H22O/c1-4-15-6-5-7-17(11-15)18(19)12-16-9-8-13(2)14(3)10-16/h5-11,18-19H,4,12H2,1-3H3. The van der Waals surface area contributed by atoms with Gasteiger partial charge in [-0.3, -0.25) is 0 Å². The Kier molecular flexibility index (Phi) is 4.39. The third-order valence-electron chi connectivity index (χ3n) is 3.74. The van der Waals surface area contributed by atoms with Gasteiger partial charge in [0.05, 0.1) is 6.10 Å². The molecule has 0 aromatic heterocycles. The van der Waals surface area contributed by atoms with E-state index >= 15 is 0 Å². The molecule has 0 fully saturated rings. The number of hydrogen-bond acceptors (Lipinski definition) is 1. The number of rotatable bonds is 4. The van der Waals surface area contributed by atoms with Crippen molar-refractivity contribution in [3.05, 3.63) is 70.3 Å². The molecule has 2 aromatic carbocycles.